The van der Waals surface area contributed by atoms with Gasteiger partial charge in [-0.05, 0) is 6.92 Å². The molecule has 0 aromatic carbocycles. The third-order valence-corrected chi connectivity index (χ3v) is 2.37. The maximum atomic E-state index is 11.5. The number of nitrogens with zero attached hydrogens (tertiary/aromatic N) is 1. The largest absolute Gasteiger partial charge is 0.363 e. The number of carbonyl (C=O) groups is 1. The number of carbonyl (C=O) groups excluding carboxylic acids is 1. The van der Waals surface area contributed by atoms with Crippen molar-refractivity contribution in [2.24, 2.45) is 0 Å². The van der Waals surface area contributed by atoms with E-state index in [2.05, 4.69) is 11.9 Å². The van der Waals surface area contributed by atoms with Gasteiger partial charge in [0.15, 0.2) is 0 Å². The Morgan fingerprint density at radius 2 is 2.36 bits per heavy atom. The number of nitrogens with one attached hydrogen (secondary N) is 1. The second-order valence-electron chi connectivity index (χ2n) is 3.91. The molecule has 0 radical (unpaired) electrons. The first-order valence-corrected chi connectivity index (χ1v) is 4.77. The SMILES string of the molecule is C=CCN(C)C(=O)COC1(C)CNC1. The van der Waals surface area contributed by atoms with Crippen molar-refractivity contribution >= 4 is 5.91 Å². The van der Waals surface area contributed by atoms with Crippen LogP contribution in [0.1, 0.15) is 6.92 Å². The Bertz CT molecular complexity index is 224. The number of rotatable bonds is 5. The van der Waals surface area contributed by atoms with E-state index < -0.39 is 0 Å². The van der Waals surface area contributed by atoms with Gasteiger partial charge in [-0.15, -0.1) is 6.58 Å². The Morgan fingerprint density at radius 3 is 2.79 bits per heavy atom. The minimum absolute atomic E-state index is 0.00183. The fraction of sp³-hybridized carbons (Fsp3) is 0.700. The summed E-state index contributed by atoms with van der Waals surface area (Å²) in [4.78, 5) is 13.1. The molecule has 4 heteroatoms. The maximum absolute atomic E-state index is 11.5. The molecule has 1 heterocycles. The zero-order valence-electron chi connectivity index (χ0n) is 8.88. The van der Waals surface area contributed by atoms with Crippen molar-refractivity contribution in [3.8, 4) is 0 Å². The van der Waals surface area contributed by atoms with E-state index in [1.165, 1.54) is 0 Å². The molecule has 0 atom stereocenters. The number of hydrogen-bond acceptors (Lipinski definition) is 3. The van der Waals surface area contributed by atoms with Gasteiger partial charge in [-0.1, -0.05) is 6.08 Å². The Morgan fingerprint density at radius 1 is 1.71 bits per heavy atom. The van der Waals surface area contributed by atoms with Crippen molar-refractivity contribution in [3.05, 3.63) is 12.7 Å². The first-order chi connectivity index (χ1) is 6.57. The molecule has 1 N–H and O–H groups in total. The van der Waals surface area contributed by atoms with Crippen LogP contribution in [0, 0.1) is 0 Å². The maximum Gasteiger partial charge on any atom is 0.248 e. The molecule has 0 saturated carbocycles. The van der Waals surface area contributed by atoms with E-state index >= 15 is 0 Å². The molecule has 1 aliphatic rings. The Hall–Kier alpha value is -0.870. The fourth-order valence-electron chi connectivity index (χ4n) is 1.22. The lowest BCUT2D eigenvalue weighted by Gasteiger charge is -2.39. The van der Waals surface area contributed by atoms with Gasteiger partial charge >= 0.3 is 0 Å². The van der Waals surface area contributed by atoms with Gasteiger partial charge in [-0.2, -0.15) is 0 Å². The summed E-state index contributed by atoms with van der Waals surface area (Å²) in [5.41, 5.74) is -0.148. The minimum Gasteiger partial charge on any atom is -0.363 e. The molecule has 1 rings (SSSR count). The molecule has 1 aliphatic heterocycles. The number of ether oxygens (including phenoxy) is 1. The van der Waals surface area contributed by atoms with E-state index in [-0.39, 0.29) is 18.1 Å². The lowest BCUT2D eigenvalue weighted by Crippen LogP contribution is -2.59. The lowest BCUT2D eigenvalue weighted by atomic mass is 10.0. The summed E-state index contributed by atoms with van der Waals surface area (Å²) in [5, 5.41) is 3.11. The van der Waals surface area contributed by atoms with Crippen LogP contribution < -0.4 is 5.32 Å². The summed E-state index contributed by atoms with van der Waals surface area (Å²) in [5.74, 6) is -0.00183. The van der Waals surface area contributed by atoms with Gasteiger partial charge in [0.2, 0.25) is 5.91 Å². The van der Waals surface area contributed by atoms with Gasteiger partial charge in [0.25, 0.3) is 0 Å². The van der Waals surface area contributed by atoms with Crippen LogP contribution in [-0.2, 0) is 9.53 Å². The van der Waals surface area contributed by atoms with Crippen LogP contribution in [0.5, 0.6) is 0 Å². The van der Waals surface area contributed by atoms with Gasteiger partial charge in [0, 0.05) is 26.7 Å². The molecule has 80 valence electrons. The molecule has 4 nitrogen and oxygen atoms in total. The average Bonchev–Trinajstić information content (AvgIpc) is 2.11. The highest BCUT2D eigenvalue weighted by Gasteiger charge is 2.33. The van der Waals surface area contributed by atoms with Gasteiger partial charge < -0.3 is 15.0 Å². The smallest absolute Gasteiger partial charge is 0.248 e. The van der Waals surface area contributed by atoms with Gasteiger partial charge in [-0.3, -0.25) is 4.79 Å². The monoisotopic (exact) mass is 198 g/mol. The summed E-state index contributed by atoms with van der Waals surface area (Å²) in [6, 6.07) is 0. The predicted molar refractivity (Wildman–Crippen MR) is 55.1 cm³/mol. The van der Waals surface area contributed by atoms with E-state index in [4.69, 9.17) is 4.74 Å². The predicted octanol–water partition coefficient (Wildman–Crippen LogP) is 0.00930. The topological polar surface area (TPSA) is 41.6 Å². The third-order valence-electron chi connectivity index (χ3n) is 2.37. The average molecular weight is 198 g/mol. The molecule has 0 unspecified atom stereocenters. The normalized spacial score (nSPS) is 18.4. The van der Waals surface area contributed by atoms with Crippen LogP contribution in [-0.4, -0.2) is 49.7 Å². The van der Waals surface area contributed by atoms with E-state index in [0.717, 1.165) is 13.1 Å². The highest BCUT2D eigenvalue weighted by molar-refractivity contribution is 5.77. The van der Waals surface area contributed by atoms with Gasteiger partial charge in [0.1, 0.15) is 6.61 Å². The number of likely N-dealkylation sites (N-methyl/N-ethyl adjacent to an activating group) is 1. The summed E-state index contributed by atoms with van der Waals surface area (Å²) in [6.45, 7) is 7.95. The van der Waals surface area contributed by atoms with Crippen LogP contribution in [0.2, 0.25) is 0 Å². The molecule has 14 heavy (non-hydrogen) atoms. The summed E-state index contributed by atoms with van der Waals surface area (Å²) < 4.78 is 5.51. The fourth-order valence-corrected chi connectivity index (χ4v) is 1.22. The Kier molecular flexibility index (Phi) is 3.66. The minimum atomic E-state index is -0.148. The Labute approximate surface area is 84.9 Å². The van der Waals surface area contributed by atoms with Crippen LogP contribution in [0.3, 0.4) is 0 Å². The summed E-state index contributed by atoms with van der Waals surface area (Å²) >= 11 is 0. The molecule has 0 spiro atoms. The zero-order chi connectivity index (χ0) is 10.6. The first-order valence-electron chi connectivity index (χ1n) is 4.77. The molecule has 0 aliphatic carbocycles. The molecule has 1 fully saturated rings. The molecule has 0 aromatic rings. The van der Waals surface area contributed by atoms with E-state index in [1.807, 2.05) is 6.92 Å². The molecule has 0 bridgehead atoms. The first kappa shape index (κ1) is 11.2. The third kappa shape index (κ3) is 2.82. The quantitative estimate of drug-likeness (QED) is 0.633. The van der Waals surface area contributed by atoms with Crippen LogP contribution >= 0.6 is 0 Å². The zero-order valence-corrected chi connectivity index (χ0v) is 8.88. The van der Waals surface area contributed by atoms with Crippen molar-refractivity contribution in [1.29, 1.82) is 0 Å². The highest BCUT2D eigenvalue weighted by atomic mass is 16.5. The van der Waals surface area contributed by atoms with Crippen LogP contribution in [0.15, 0.2) is 12.7 Å². The van der Waals surface area contributed by atoms with Crippen molar-refractivity contribution in [2.75, 3.05) is 33.3 Å². The van der Waals surface area contributed by atoms with Crippen LogP contribution in [0.25, 0.3) is 0 Å². The molecule has 1 saturated heterocycles. The van der Waals surface area contributed by atoms with E-state index in [9.17, 15) is 4.79 Å². The van der Waals surface area contributed by atoms with Crippen LogP contribution in [0.4, 0.5) is 0 Å². The molecular formula is C10H18N2O2. The van der Waals surface area contributed by atoms with Crippen molar-refractivity contribution in [3.63, 3.8) is 0 Å². The van der Waals surface area contributed by atoms with Crippen molar-refractivity contribution in [2.45, 2.75) is 12.5 Å². The van der Waals surface area contributed by atoms with Gasteiger partial charge in [0.05, 0.1) is 5.60 Å². The van der Waals surface area contributed by atoms with Crippen molar-refractivity contribution in [1.82, 2.24) is 10.2 Å². The van der Waals surface area contributed by atoms with E-state index in [0.29, 0.717) is 6.54 Å². The van der Waals surface area contributed by atoms with Crippen molar-refractivity contribution < 1.29 is 9.53 Å². The number of amides is 1. The second-order valence-corrected chi connectivity index (χ2v) is 3.91. The standard InChI is InChI=1S/C10H18N2O2/c1-4-5-12(3)9(13)6-14-10(2)7-11-8-10/h4,11H,1,5-8H2,2-3H3. The summed E-state index contributed by atoms with van der Waals surface area (Å²) in [6.07, 6.45) is 1.70. The highest BCUT2D eigenvalue weighted by Crippen LogP contribution is 2.14. The molecular weight excluding hydrogens is 180 g/mol. The van der Waals surface area contributed by atoms with Gasteiger partial charge in [-0.25, -0.2) is 0 Å². The molecule has 1 amide bonds. The molecule has 0 aromatic heterocycles. The second kappa shape index (κ2) is 4.57. The Balaban J connectivity index is 2.23. The lowest BCUT2D eigenvalue weighted by molar-refractivity contribution is -0.144. The number of hydrogen-bond donors (Lipinski definition) is 1. The van der Waals surface area contributed by atoms with E-state index in [1.54, 1.807) is 18.0 Å². The summed E-state index contributed by atoms with van der Waals surface area (Å²) in [7, 11) is 1.74.